The fourth-order valence-corrected chi connectivity index (χ4v) is 8.19. The molecule has 60 heavy (non-hydrogen) atoms. The molecular formula is C57H37NO2. The van der Waals surface area contributed by atoms with Crippen molar-refractivity contribution in [2.45, 2.75) is 19.1 Å². The molecule has 0 radical (unpaired) electrons. The number of benzene rings is 9. The first kappa shape index (κ1) is 13.5. The summed E-state index contributed by atoms with van der Waals surface area (Å²) < 4.78 is 356. The van der Waals surface area contributed by atoms with Gasteiger partial charge in [-0.2, -0.15) is 0 Å². The number of fused-ring (bicyclic) bond motifs is 16. The van der Waals surface area contributed by atoms with E-state index in [-0.39, 0.29) is 0 Å². The average molecular weight is 805 g/mol. The molecule has 11 aromatic rings. The van der Waals surface area contributed by atoms with Crippen LogP contribution in [0.5, 0.6) is 0 Å². The van der Waals surface area contributed by atoms with E-state index in [0.717, 1.165) is 0 Å². The standard InChI is InChI=1S/C57H37NO2/c1-34-21-28-39-40-29-22-35(2)32-48(40)57(47(39)31-34)45-14-6-3-12-42(45)55-46(57)15-9-16-49(55)58(50-17-10-20-54-56(50)43-13-5-8-19-52(43)60-54)38-26-23-36(24-27-38)37-25-30-53-44(33-37)41-11-4-7-18-51(41)59-53/h3-33H,1-2H3/i1D3,2D3,3D,4D,5D,6D,7D,8D,9D,10D,11D,12D,13D,14D,15D,16D,17D,18D,19D,20D,21D,22D,23D,24D,25D,26D,27D,28D,29D,30D,31D,32D,33D. The summed E-state index contributed by atoms with van der Waals surface area (Å²) in [5.41, 5.74) is -22.7. The second kappa shape index (κ2) is 12.2. The third-order valence-corrected chi connectivity index (χ3v) is 10.5. The second-order valence-electron chi connectivity index (χ2n) is 13.5. The van der Waals surface area contributed by atoms with Crippen LogP contribution in [0.15, 0.2) is 196 Å². The summed E-state index contributed by atoms with van der Waals surface area (Å²) in [5.74, 6) is 0. The van der Waals surface area contributed by atoms with E-state index in [9.17, 15) is 28.8 Å². The Morgan fingerprint density at radius 3 is 1.82 bits per heavy atom. The molecule has 0 atom stereocenters. The third-order valence-electron chi connectivity index (χ3n) is 10.5. The Hall–Kier alpha value is -7.62. The first-order chi connectivity index (χ1) is 44.9. The van der Waals surface area contributed by atoms with Crippen molar-refractivity contribution in [3.63, 3.8) is 0 Å². The van der Waals surface area contributed by atoms with Gasteiger partial charge in [-0.15, -0.1) is 0 Å². The minimum atomic E-state index is -3.61. The van der Waals surface area contributed by atoms with E-state index in [0.29, 0.717) is 4.90 Å². The van der Waals surface area contributed by atoms with Crippen LogP contribution in [0.4, 0.5) is 17.1 Å². The van der Waals surface area contributed by atoms with Gasteiger partial charge in [0.15, 0.2) is 0 Å². The van der Waals surface area contributed by atoms with E-state index in [2.05, 4.69) is 0 Å². The van der Waals surface area contributed by atoms with E-state index in [1.54, 1.807) is 0 Å². The lowest BCUT2D eigenvalue weighted by atomic mass is 9.70. The summed E-state index contributed by atoms with van der Waals surface area (Å²) >= 11 is 0. The Balaban J connectivity index is 1.32. The van der Waals surface area contributed by atoms with Crippen molar-refractivity contribution < 1.29 is 59.6 Å². The van der Waals surface area contributed by atoms with E-state index in [1.807, 2.05) is 0 Å². The highest BCUT2D eigenvalue weighted by molar-refractivity contribution is 6.14. The van der Waals surface area contributed by atoms with E-state index < -0.39 is 334 Å². The fraction of sp³-hybridized carbons (Fsp3) is 0.0526. The van der Waals surface area contributed by atoms with Gasteiger partial charge in [0.1, 0.15) is 22.3 Å². The SMILES string of the molecule is [2H]c1c([2H])c([2H])c2c(c1[2H])-c1c(N(c3c([2H])c([2H])c(-c4c([2H])c([2H])c5oc6c([2H])c([2H])c([2H])c([2H])c6c5c4[2H])c([2H])c3[2H])c3c([2H])c([2H])c([2H])c4oc5c([2H])c([2H])c([2H])c([2H])c5c34)c([2H])c([2H])c([2H])c1C21c2c([2H])c(C([2H])([2H])[2H])c([2H])c([2H])c2-c2c([2H])c([2H])c(C([2H])([2H])[2H])c([2H])c21. The van der Waals surface area contributed by atoms with Gasteiger partial charge in [-0.1, -0.05) is 144 Å². The van der Waals surface area contributed by atoms with Gasteiger partial charge >= 0.3 is 0 Å². The summed E-state index contributed by atoms with van der Waals surface area (Å²) in [6.45, 7) is -7.22. The van der Waals surface area contributed by atoms with Gasteiger partial charge in [0, 0.05) is 35.6 Å². The van der Waals surface area contributed by atoms with Crippen LogP contribution >= 0.6 is 0 Å². The zero-order valence-corrected chi connectivity index (χ0v) is 29.8. The highest BCUT2D eigenvalue weighted by Crippen LogP contribution is 2.65. The molecule has 1 spiro atoms. The Morgan fingerprint density at radius 1 is 0.433 bits per heavy atom. The van der Waals surface area contributed by atoms with Gasteiger partial charge in [-0.3, -0.25) is 0 Å². The maximum absolute atomic E-state index is 10.2. The van der Waals surface area contributed by atoms with Crippen molar-refractivity contribution in [3.05, 3.63) is 221 Å². The lowest BCUT2D eigenvalue weighted by Gasteiger charge is -2.32. The molecule has 13 rings (SSSR count). The van der Waals surface area contributed by atoms with Crippen LogP contribution < -0.4 is 4.90 Å². The Morgan fingerprint density at radius 2 is 1.03 bits per heavy atom. The van der Waals surface area contributed by atoms with Crippen molar-refractivity contribution in [1.82, 2.24) is 0 Å². The molecule has 0 bridgehead atoms. The van der Waals surface area contributed by atoms with Crippen LogP contribution in [0.1, 0.15) is 84.1 Å². The minimum absolute atomic E-state index is 0.362. The van der Waals surface area contributed by atoms with Gasteiger partial charge < -0.3 is 13.7 Å². The summed E-state index contributed by atoms with van der Waals surface area (Å²) in [7, 11) is 0. The lowest BCUT2D eigenvalue weighted by Crippen LogP contribution is -2.26. The zero-order chi connectivity index (χ0) is 71.7. The number of furan rings is 2. The predicted molar refractivity (Wildman–Crippen MR) is 247 cm³/mol. The molecule has 3 heteroatoms. The zero-order valence-electron chi connectivity index (χ0n) is 66.8. The van der Waals surface area contributed by atoms with E-state index in [4.69, 9.17) is 30.8 Å². The smallest absolute Gasteiger partial charge is 0.137 e. The summed E-state index contributed by atoms with van der Waals surface area (Å²) in [6, 6.07) is -35.9. The molecule has 0 unspecified atom stereocenters. The predicted octanol–water partition coefficient (Wildman–Crippen LogP) is 15.6. The van der Waals surface area contributed by atoms with Gasteiger partial charge in [0.2, 0.25) is 0 Å². The maximum Gasteiger partial charge on any atom is 0.137 e. The average Bonchev–Trinajstić information content (AvgIpc) is 1.47. The van der Waals surface area contributed by atoms with Crippen molar-refractivity contribution in [3.8, 4) is 33.4 Å². The van der Waals surface area contributed by atoms with Crippen LogP contribution in [-0.4, -0.2) is 0 Å². The number of rotatable bonds is 4. The fourth-order valence-electron chi connectivity index (χ4n) is 8.19. The highest BCUT2D eigenvalue weighted by Gasteiger charge is 2.52. The minimum Gasteiger partial charge on any atom is -0.456 e. The number of hydrogen-bond acceptors (Lipinski definition) is 3. The molecule has 0 saturated heterocycles. The molecule has 2 heterocycles. The van der Waals surface area contributed by atoms with Crippen LogP contribution in [0.2, 0.25) is 0 Å². The molecule has 9 aromatic carbocycles. The number of para-hydroxylation sites is 2. The van der Waals surface area contributed by atoms with Crippen LogP contribution in [0.25, 0.3) is 77.3 Å². The highest BCUT2D eigenvalue weighted by atomic mass is 16.3. The normalized spacial score (nSPS) is 22.4. The number of hydrogen-bond donors (Lipinski definition) is 0. The van der Waals surface area contributed by atoms with Crippen LogP contribution in [0.3, 0.4) is 0 Å². The number of anilines is 3. The Bertz CT molecular complexity index is 5530. The first-order valence-electron chi connectivity index (χ1n) is 36.2. The number of nitrogens with zero attached hydrogens (tertiary/aromatic N) is 1. The molecule has 2 aromatic heterocycles. The largest absolute Gasteiger partial charge is 0.456 e. The van der Waals surface area contributed by atoms with E-state index in [1.165, 1.54) is 0 Å². The monoisotopic (exact) mass is 805 g/mol. The second-order valence-corrected chi connectivity index (χ2v) is 13.5. The van der Waals surface area contributed by atoms with Crippen LogP contribution in [-0.2, 0) is 5.41 Å². The molecule has 2 aliphatic carbocycles. The molecule has 0 N–H and O–H groups in total. The molecular weight excluding hydrogens is 731 g/mol. The molecule has 3 nitrogen and oxygen atoms in total. The van der Waals surface area contributed by atoms with E-state index >= 15 is 0 Å². The van der Waals surface area contributed by atoms with Crippen LogP contribution in [0, 0.1) is 13.7 Å². The first-order valence-corrected chi connectivity index (χ1v) is 17.7. The summed E-state index contributed by atoms with van der Waals surface area (Å²) in [5, 5.41) is -2.72. The topological polar surface area (TPSA) is 29.5 Å². The molecule has 282 valence electrons. The quantitative estimate of drug-likeness (QED) is 0.177. The Kier molecular flexibility index (Phi) is 2.74. The van der Waals surface area contributed by atoms with Crippen molar-refractivity contribution >= 4 is 60.9 Å². The third kappa shape index (κ3) is 4.44. The van der Waals surface area contributed by atoms with Gasteiger partial charge in [0.05, 0.1) is 64.7 Å². The lowest BCUT2D eigenvalue weighted by molar-refractivity contribution is 0.668. The van der Waals surface area contributed by atoms with Gasteiger partial charge in [-0.25, -0.2) is 0 Å². The maximum atomic E-state index is 10.2. The summed E-state index contributed by atoms with van der Waals surface area (Å²) in [6.07, 6.45) is 0. The van der Waals surface area contributed by atoms with Gasteiger partial charge in [-0.05, 0) is 118 Å². The van der Waals surface area contributed by atoms with Crippen molar-refractivity contribution in [1.29, 1.82) is 0 Å². The molecule has 0 aliphatic heterocycles. The van der Waals surface area contributed by atoms with Crippen molar-refractivity contribution in [2.75, 3.05) is 4.90 Å². The molecule has 0 saturated carbocycles. The van der Waals surface area contributed by atoms with Crippen molar-refractivity contribution in [2.24, 2.45) is 0 Å². The molecule has 0 amide bonds. The molecule has 0 fully saturated rings. The summed E-state index contributed by atoms with van der Waals surface area (Å²) in [4.78, 5) is 0.362. The Labute approximate surface area is 399 Å². The molecule has 2 aliphatic rings. The van der Waals surface area contributed by atoms with Gasteiger partial charge in [0.25, 0.3) is 0 Å².